The molecule has 1 N–H and O–H groups in total. The Labute approximate surface area is 230 Å². The first kappa shape index (κ1) is 29.0. The molecule has 0 saturated carbocycles. The zero-order valence-corrected chi connectivity index (χ0v) is 23.0. The lowest BCUT2D eigenvalue weighted by molar-refractivity contribution is 0.0568. The van der Waals surface area contributed by atoms with Crippen molar-refractivity contribution in [3.8, 4) is 22.9 Å². The number of hydrogen-bond acceptors (Lipinski definition) is 5. The van der Waals surface area contributed by atoms with E-state index >= 15 is 0 Å². The average Bonchev–Trinajstić information content (AvgIpc) is 3.45. The third kappa shape index (κ3) is 6.77. The molecule has 0 aliphatic carbocycles. The summed E-state index contributed by atoms with van der Waals surface area (Å²) in [7, 11) is 0. The number of hydrogen-bond donors (Lipinski definition) is 1. The van der Waals surface area contributed by atoms with Gasteiger partial charge in [0.2, 0.25) is 0 Å². The number of benzene rings is 2. The number of ether oxygens (including phenoxy) is 1. The number of halogens is 2. The minimum Gasteiger partial charge on any atom is -0.492 e. The second-order valence-corrected chi connectivity index (χ2v) is 10.9. The standard InChI is InChI=1S/C31H39F2N3O3/c1-3-31(33,4-2)21-35-14-11-22(12-15-35)20-39-29-10-8-23(16-25(29)18-34)24-7-9-27(28(32)17-24)30(38)36-13-5-6-26(36)19-37/h7-10,16-17,22,26,37H,3-6,11-15,19-21H2,1-2H3/t26-/m1/s1. The molecule has 2 aliphatic heterocycles. The maximum atomic E-state index is 15.0. The van der Waals surface area contributed by atoms with Crippen molar-refractivity contribution in [3.63, 3.8) is 0 Å². The molecule has 8 heteroatoms. The lowest BCUT2D eigenvalue weighted by Gasteiger charge is -2.36. The number of nitriles is 1. The van der Waals surface area contributed by atoms with Gasteiger partial charge in [0, 0.05) is 13.1 Å². The van der Waals surface area contributed by atoms with Crippen LogP contribution in [0.1, 0.15) is 68.3 Å². The molecular formula is C31H39F2N3O3. The number of aliphatic hydroxyl groups excluding tert-OH is 1. The predicted molar refractivity (Wildman–Crippen MR) is 147 cm³/mol. The molecule has 2 heterocycles. The summed E-state index contributed by atoms with van der Waals surface area (Å²) in [6.07, 6.45) is 4.40. The number of nitrogens with zero attached hydrogens (tertiary/aromatic N) is 3. The van der Waals surface area contributed by atoms with Gasteiger partial charge in [0.25, 0.3) is 5.91 Å². The highest BCUT2D eigenvalue weighted by Gasteiger charge is 2.31. The van der Waals surface area contributed by atoms with Crippen molar-refractivity contribution >= 4 is 5.91 Å². The fourth-order valence-corrected chi connectivity index (χ4v) is 5.63. The molecule has 1 atom stereocenters. The van der Waals surface area contributed by atoms with E-state index < -0.39 is 17.4 Å². The highest BCUT2D eigenvalue weighted by Crippen LogP contribution is 2.30. The van der Waals surface area contributed by atoms with Crippen LogP contribution in [0.15, 0.2) is 36.4 Å². The van der Waals surface area contributed by atoms with Gasteiger partial charge in [-0.15, -0.1) is 0 Å². The maximum absolute atomic E-state index is 15.0. The van der Waals surface area contributed by atoms with E-state index in [1.807, 2.05) is 13.8 Å². The number of rotatable bonds is 10. The molecule has 39 heavy (non-hydrogen) atoms. The van der Waals surface area contributed by atoms with Gasteiger partial charge < -0.3 is 19.6 Å². The number of likely N-dealkylation sites (tertiary alicyclic amines) is 2. The van der Waals surface area contributed by atoms with Crippen molar-refractivity contribution in [2.45, 2.75) is 64.1 Å². The van der Waals surface area contributed by atoms with Crippen LogP contribution >= 0.6 is 0 Å². The van der Waals surface area contributed by atoms with Gasteiger partial charge >= 0.3 is 0 Å². The van der Waals surface area contributed by atoms with E-state index in [0.717, 1.165) is 32.4 Å². The number of aliphatic hydroxyl groups is 1. The normalized spacial score (nSPS) is 18.8. The monoisotopic (exact) mass is 539 g/mol. The minimum atomic E-state index is -1.12. The molecule has 2 fully saturated rings. The van der Waals surface area contributed by atoms with Crippen LogP contribution in [0.2, 0.25) is 0 Å². The highest BCUT2D eigenvalue weighted by molar-refractivity contribution is 5.95. The van der Waals surface area contributed by atoms with E-state index in [1.54, 1.807) is 24.3 Å². The SMILES string of the molecule is CCC(F)(CC)CN1CCC(COc2ccc(-c3ccc(C(=O)N4CCC[C@@H]4CO)c(F)c3)cc2C#N)CC1. The van der Waals surface area contributed by atoms with Crippen LogP contribution in [0.3, 0.4) is 0 Å². The summed E-state index contributed by atoms with van der Waals surface area (Å²) < 4.78 is 35.8. The Morgan fingerprint density at radius 1 is 1.10 bits per heavy atom. The molecule has 0 radical (unpaired) electrons. The fourth-order valence-electron chi connectivity index (χ4n) is 5.63. The van der Waals surface area contributed by atoms with E-state index in [0.29, 0.717) is 67.3 Å². The molecule has 6 nitrogen and oxygen atoms in total. The molecule has 2 aromatic carbocycles. The first-order valence-electron chi connectivity index (χ1n) is 14.1. The summed E-state index contributed by atoms with van der Waals surface area (Å²) in [4.78, 5) is 16.6. The van der Waals surface area contributed by atoms with Crippen molar-refractivity contribution < 1.29 is 23.4 Å². The summed E-state index contributed by atoms with van der Waals surface area (Å²) >= 11 is 0. The topological polar surface area (TPSA) is 76.8 Å². The molecule has 0 bridgehead atoms. The van der Waals surface area contributed by atoms with Crippen molar-refractivity contribution in [2.75, 3.05) is 39.4 Å². The maximum Gasteiger partial charge on any atom is 0.257 e. The second-order valence-electron chi connectivity index (χ2n) is 10.9. The zero-order chi connectivity index (χ0) is 28.0. The van der Waals surface area contributed by atoms with Crippen molar-refractivity contribution in [2.24, 2.45) is 5.92 Å². The molecule has 2 aliphatic rings. The molecule has 0 aromatic heterocycles. The molecule has 4 rings (SSSR count). The molecule has 2 aromatic rings. The van der Waals surface area contributed by atoms with Crippen LogP contribution in [0.4, 0.5) is 8.78 Å². The summed E-state index contributed by atoms with van der Waals surface area (Å²) in [5.74, 6) is -0.221. The van der Waals surface area contributed by atoms with Crippen LogP contribution < -0.4 is 4.74 Å². The Morgan fingerprint density at radius 2 is 1.79 bits per heavy atom. The second kappa shape index (κ2) is 12.9. The first-order chi connectivity index (χ1) is 18.8. The lowest BCUT2D eigenvalue weighted by atomic mass is 9.94. The quantitative estimate of drug-likeness (QED) is 0.427. The molecule has 0 unspecified atom stereocenters. The number of alkyl halides is 1. The third-order valence-electron chi connectivity index (χ3n) is 8.44. The van der Waals surface area contributed by atoms with E-state index in [4.69, 9.17) is 4.74 Å². The fraction of sp³-hybridized carbons (Fsp3) is 0.548. The van der Waals surface area contributed by atoms with Gasteiger partial charge in [-0.2, -0.15) is 5.26 Å². The Balaban J connectivity index is 1.37. The van der Waals surface area contributed by atoms with E-state index in [2.05, 4.69) is 11.0 Å². The Morgan fingerprint density at radius 3 is 2.44 bits per heavy atom. The van der Waals surface area contributed by atoms with Crippen LogP contribution in [0, 0.1) is 23.1 Å². The zero-order valence-electron chi connectivity index (χ0n) is 23.0. The summed E-state index contributed by atoms with van der Waals surface area (Å²) in [5, 5.41) is 19.2. The Kier molecular flexibility index (Phi) is 9.58. The van der Waals surface area contributed by atoms with Gasteiger partial charge in [0.15, 0.2) is 0 Å². The van der Waals surface area contributed by atoms with E-state index in [1.165, 1.54) is 17.0 Å². The Bertz CT molecular complexity index is 1190. The average molecular weight is 540 g/mol. The Hall–Kier alpha value is -3.02. The van der Waals surface area contributed by atoms with Crippen LogP contribution in [-0.2, 0) is 0 Å². The number of piperidine rings is 1. The summed E-state index contributed by atoms with van der Waals surface area (Å²) in [6.45, 7) is 6.82. The molecule has 1 amide bonds. The first-order valence-corrected chi connectivity index (χ1v) is 14.1. The van der Waals surface area contributed by atoms with Crippen LogP contribution in [-0.4, -0.2) is 71.9 Å². The van der Waals surface area contributed by atoms with Gasteiger partial charge in [-0.1, -0.05) is 26.0 Å². The molecule has 0 spiro atoms. The van der Waals surface area contributed by atoms with Crippen molar-refractivity contribution in [1.82, 2.24) is 9.80 Å². The third-order valence-corrected chi connectivity index (χ3v) is 8.44. The van der Waals surface area contributed by atoms with Gasteiger partial charge in [0.05, 0.1) is 30.4 Å². The van der Waals surface area contributed by atoms with E-state index in [-0.39, 0.29) is 18.2 Å². The number of amides is 1. The van der Waals surface area contributed by atoms with E-state index in [9.17, 15) is 23.9 Å². The smallest absolute Gasteiger partial charge is 0.257 e. The largest absolute Gasteiger partial charge is 0.492 e. The molecular weight excluding hydrogens is 500 g/mol. The van der Waals surface area contributed by atoms with Gasteiger partial charge in [0.1, 0.15) is 23.3 Å². The number of carbonyl (C=O) groups excluding carboxylic acids is 1. The summed E-state index contributed by atoms with van der Waals surface area (Å²) in [5.41, 5.74) is 0.431. The van der Waals surface area contributed by atoms with Crippen LogP contribution in [0.25, 0.3) is 11.1 Å². The van der Waals surface area contributed by atoms with Crippen molar-refractivity contribution in [3.05, 3.63) is 53.3 Å². The van der Waals surface area contributed by atoms with Gasteiger partial charge in [-0.05, 0) is 92.9 Å². The molecule has 2 saturated heterocycles. The minimum absolute atomic E-state index is 0.0211. The predicted octanol–water partition coefficient (Wildman–Crippen LogP) is 5.58. The van der Waals surface area contributed by atoms with Gasteiger partial charge in [-0.3, -0.25) is 4.79 Å². The van der Waals surface area contributed by atoms with Gasteiger partial charge in [-0.25, -0.2) is 8.78 Å². The lowest BCUT2D eigenvalue weighted by Crippen LogP contribution is -2.44. The number of carbonyl (C=O) groups is 1. The highest BCUT2D eigenvalue weighted by atomic mass is 19.1. The molecule has 210 valence electrons. The van der Waals surface area contributed by atoms with Crippen molar-refractivity contribution in [1.29, 1.82) is 5.26 Å². The summed E-state index contributed by atoms with van der Waals surface area (Å²) in [6, 6.07) is 11.6. The van der Waals surface area contributed by atoms with Crippen LogP contribution in [0.5, 0.6) is 5.75 Å².